The SMILES string of the molecule is CCNC(=O)N1CCN(c2ccc3cccc(OCC4CCCN4c4ncnc5nc[nH]c45)c3c2)CC1. The molecule has 10 heteroatoms. The van der Waals surface area contributed by atoms with E-state index in [0.717, 1.165) is 66.0 Å². The van der Waals surface area contributed by atoms with Gasteiger partial charge in [0.2, 0.25) is 0 Å². The molecule has 2 N–H and O–H groups in total. The summed E-state index contributed by atoms with van der Waals surface area (Å²) in [6.45, 7) is 7.15. The summed E-state index contributed by atoms with van der Waals surface area (Å²) in [6.07, 6.45) is 5.39. The van der Waals surface area contributed by atoms with Gasteiger partial charge in [0.15, 0.2) is 11.5 Å². The monoisotopic (exact) mass is 500 g/mol. The molecular weight excluding hydrogens is 468 g/mol. The van der Waals surface area contributed by atoms with Crippen molar-refractivity contribution in [3.05, 3.63) is 49.1 Å². The van der Waals surface area contributed by atoms with Gasteiger partial charge >= 0.3 is 6.03 Å². The highest BCUT2D eigenvalue weighted by molar-refractivity contribution is 5.91. The number of amides is 2. The molecule has 2 aliphatic heterocycles. The smallest absolute Gasteiger partial charge is 0.317 e. The molecular formula is C27H32N8O2. The predicted molar refractivity (Wildman–Crippen MR) is 144 cm³/mol. The van der Waals surface area contributed by atoms with Gasteiger partial charge < -0.3 is 29.7 Å². The number of carbonyl (C=O) groups excluding carboxylic acids is 1. The van der Waals surface area contributed by atoms with Crippen LogP contribution < -0.4 is 19.9 Å². The van der Waals surface area contributed by atoms with Crippen LogP contribution in [0.3, 0.4) is 0 Å². The fourth-order valence-electron chi connectivity index (χ4n) is 5.43. The Morgan fingerprint density at radius 1 is 1.11 bits per heavy atom. The second-order valence-corrected chi connectivity index (χ2v) is 9.57. The Balaban J connectivity index is 1.18. The van der Waals surface area contributed by atoms with E-state index in [2.05, 4.69) is 65.4 Å². The molecule has 0 aliphatic carbocycles. The first-order valence-corrected chi connectivity index (χ1v) is 13.1. The Hall–Kier alpha value is -4.08. The molecule has 4 aromatic rings. The van der Waals surface area contributed by atoms with Crippen molar-refractivity contribution in [1.29, 1.82) is 0 Å². The molecule has 2 aromatic heterocycles. The molecule has 2 aliphatic rings. The lowest BCUT2D eigenvalue weighted by atomic mass is 10.1. The molecule has 2 aromatic carbocycles. The van der Waals surface area contributed by atoms with Gasteiger partial charge in [0, 0.05) is 50.3 Å². The van der Waals surface area contributed by atoms with E-state index in [1.807, 2.05) is 17.9 Å². The van der Waals surface area contributed by atoms with Crippen LogP contribution in [0, 0.1) is 0 Å². The number of piperazine rings is 1. The standard InChI is InChI=1S/C27H32N8O2/c1-2-28-27(36)34-13-11-33(12-14-34)20-9-8-19-5-3-7-23(22(19)15-20)37-16-21-6-4-10-35(21)26-24-25(30-17-29-24)31-18-32-26/h3,5,7-9,15,17-18,21H,2,4,6,10-14,16H2,1H3,(H,28,36)(H,29,30,31,32). The van der Waals surface area contributed by atoms with Gasteiger partial charge in [-0.2, -0.15) is 0 Å². The van der Waals surface area contributed by atoms with E-state index in [9.17, 15) is 4.79 Å². The third-order valence-corrected chi connectivity index (χ3v) is 7.37. The number of anilines is 2. The molecule has 10 nitrogen and oxygen atoms in total. The van der Waals surface area contributed by atoms with Crippen LogP contribution in [0.25, 0.3) is 21.9 Å². The number of fused-ring (bicyclic) bond motifs is 2. The number of hydrogen-bond donors (Lipinski definition) is 2. The largest absolute Gasteiger partial charge is 0.491 e. The van der Waals surface area contributed by atoms with E-state index in [4.69, 9.17) is 4.74 Å². The fourth-order valence-corrected chi connectivity index (χ4v) is 5.43. The van der Waals surface area contributed by atoms with Gasteiger partial charge in [0.1, 0.15) is 24.2 Å². The molecule has 37 heavy (non-hydrogen) atoms. The number of urea groups is 1. The molecule has 2 saturated heterocycles. The van der Waals surface area contributed by atoms with Crippen LogP contribution in [0.1, 0.15) is 19.8 Å². The lowest BCUT2D eigenvalue weighted by Crippen LogP contribution is -2.51. The third kappa shape index (κ3) is 4.59. The first kappa shape index (κ1) is 23.3. The minimum atomic E-state index is 0.0209. The van der Waals surface area contributed by atoms with Crippen molar-refractivity contribution in [2.45, 2.75) is 25.8 Å². The van der Waals surface area contributed by atoms with Crippen LogP contribution in [0.15, 0.2) is 49.1 Å². The quantitative estimate of drug-likeness (QED) is 0.418. The molecule has 1 atom stereocenters. The number of nitrogens with zero attached hydrogens (tertiary/aromatic N) is 6. The van der Waals surface area contributed by atoms with Crippen molar-refractivity contribution in [3.8, 4) is 5.75 Å². The van der Waals surface area contributed by atoms with Crippen molar-refractivity contribution >= 4 is 39.5 Å². The Morgan fingerprint density at radius 2 is 2.00 bits per heavy atom. The zero-order valence-electron chi connectivity index (χ0n) is 21.1. The Bertz CT molecular complexity index is 1400. The lowest BCUT2D eigenvalue weighted by molar-refractivity contribution is 0.195. The van der Waals surface area contributed by atoms with E-state index < -0.39 is 0 Å². The highest BCUT2D eigenvalue weighted by atomic mass is 16.5. The van der Waals surface area contributed by atoms with Crippen molar-refractivity contribution in [3.63, 3.8) is 0 Å². The summed E-state index contributed by atoms with van der Waals surface area (Å²) in [6, 6.07) is 13.0. The molecule has 2 amide bonds. The number of nitrogens with one attached hydrogen (secondary N) is 2. The lowest BCUT2D eigenvalue weighted by Gasteiger charge is -2.36. The molecule has 192 valence electrons. The number of H-pyrrole nitrogens is 1. The van der Waals surface area contributed by atoms with Crippen LogP contribution in [0.2, 0.25) is 0 Å². The third-order valence-electron chi connectivity index (χ3n) is 7.37. The van der Waals surface area contributed by atoms with Gasteiger partial charge in [-0.05, 0) is 43.4 Å². The topological polar surface area (TPSA) is 103 Å². The van der Waals surface area contributed by atoms with Crippen LogP contribution >= 0.6 is 0 Å². The molecule has 4 heterocycles. The number of hydrogen-bond acceptors (Lipinski definition) is 7. The Kier molecular flexibility index (Phi) is 6.38. The van der Waals surface area contributed by atoms with Gasteiger partial charge in [0.05, 0.1) is 12.4 Å². The van der Waals surface area contributed by atoms with Crippen molar-refractivity contribution in [2.75, 3.05) is 55.7 Å². The highest BCUT2D eigenvalue weighted by Gasteiger charge is 2.28. The van der Waals surface area contributed by atoms with Gasteiger partial charge in [-0.15, -0.1) is 0 Å². The number of imidazole rings is 1. The first-order valence-electron chi connectivity index (χ1n) is 13.1. The van der Waals surface area contributed by atoms with Crippen LogP contribution in [0.4, 0.5) is 16.3 Å². The molecule has 0 spiro atoms. The molecule has 0 saturated carbocycles. The first-order chi connectivity index (χ1) is 18.2. The van der Waals surface area contributed by atoms with Gasteiger partial charge in [-0.25, -0.2) is 19.7 Å². The second kappa shape index (κ2) is 10.1. The van der Waals surface area contributed by atoms with Crippen LogP contribution in [-0.2, 0) is 0 Å². The minimum absolute atomic E-state index is 0.0209. The Labute approximate surface area is 215 Å². The summed E-state index contributed by atoms with van der Waals surface area (Å²) in [5.41, 5.74) is 2.71. The average molecular weight is 501 g/mol. The van der Waals surface area contributed by atoms with E-state index in [1.54, 1.807) is 12.7 Å². The van der Waals surface area contributed by atoms with Gasteiger partial charge in [-0.3, -0.25) is 0 Å². The van der Waals surface area contributed by atoms with E-state index >= 15 is 0 Å². The zero-order chi connectivity index (χ0) is 25.2. The summed E-state index contributed by atoms with van der Waals surface area (Å²) >= 11 is 0. The molecule has 0 radical (unpaired) electrons. The normalized spacial score (nSPS) is 18.1. The van der Waals surface area contributed by atoms with Crippen molar-refractivity contribution < 1.29 is 9.53 Å². The van der Waals surface area contributed by atoms with Crippen molar-refractivity contribution in [2.24, 2.45) is 0 Å². The van der Waals surface area contributed by atoms with Gasteiger partial charge in [0.25, 0.3) is 0 Å². The van der Waals surface area contributed by atoms with Crippen LogP contribution in [0.5, 0.6) is 5.75 Å². The number of aromatic nitrogens is 4. The fraction of sp³-hybridized carbons (Fsp3) is 0.407. The maximum absolute atomic E-state index is 12.2. The number of rotatable bonds is 6. The zero-order valence-corrected chi connectivity index (χ0v) is 21.1. The number of aromatic amines is 1. The highest BCUT2D eigenvalue weighted by Crippen LogP contribution is 2.32. The summed E-state index contributed by atoms with van der Waals surface area (Å²) in [5, 5.41) is 5.15. The summed E-state index contributed by atoms with van der Waals surface area (Å²) in [7, 11) is 0. The number of carbonyl (C=O) groups is 1. The average Bonchev–Trinajstić information content (AvgIpc) is 3.61. The Morgan fingerprint density at radius 3 is 2.86 bits per heavy atom. The number of ether oxygens (including phenoxy) is 1. The van der Waals surface area contributed by atoms with Crippen LogP contribution in [-0.4, -0.2) is 82.8 Å². The maximum atomic E-state index is 12.2. The van der Waals surface area contributed by atoms with E-state index in [0.29, 0.717) is 31.9 Å². The molecule has 0 bridgehead atoms. The number of benzene rings is 2. The summed E-state index contributed by atoms with van der Waals surface area (Å²) in [5.74, 6) is 1.78. The molecule has 6 rings (SSSR count). The second-order valence-electron chi connectivity index (χ2n) is 9.57. The maximum Gasteiger partial charge on any atom is 0.317 e. The minimum Gasteiger partial charge on any atom is -0.491 e. The summed E-state index contributed by atoms with van der Waals surface area (Å²) in [4.78, 5) is 35.0. The predicted octanol–water partition coefficient (Wildman–Crippen LogP) is 3.41. The molecule has 1 unspecified atom stereocenters. The van der Waals surface area contributed by atoms with Crippen molar-refractivity contribution in [1.82, 2.24) is 30.2 Å². The molecule has 2 fully saturated rings. The van der Waals surface area contributed by atoms with E-state index in [-0.39, 0.29) is 12.1 Å². The van der Waals surface area contributed by atoms with E-state index in [1.165, 1.54) is 0 Å². The summed E-state index contributed by atoms with van der Waals surface area (Å²) < 4.78 is 6.48. The van der Waals surface area contributed by atoms with Gasteiger partial charge in [-0.1, -0.05) is 18.2 Å².